The van der Waals surface area contributed by atoms with Crippen molar-refractivity contribution < 1.29 is 34.1 Å². The highest BCUT2D eigenvalue weighted by Gasteiger charge is 2.37. The van der Waals surface area contributed by atoms with Gasteiger partial charge in [-0.05, 0) is 92.5 Å². The molecule has 0 spiro atoms. The summed E-state index contributed by atoms with van der Waals surface area (Å²) in [5.74, 6) is 1.52. The van der Waals surface area contributed by atoms with Gasteiger partial charge in [-0.15, -0.1) is 0 Å². The van der Waals surface area contributed by atoms with Gasteiger partial charge in [-0.1, -0.05) is 38.5 Å². The molecule has 3 N–H and O–H groups in total. The molecule has 0 saturated heterocycles. The summed E-state index contributed by atoms with van der Waals surface area (Å²) in [4.78, 5) is 24.6. The fourth-order valence-corrected chi connectivity index (χ4v) is 5.88. The molecule has 8 nitrogen and oxygen atoms in total. The summed E-state index contributed by atoms with van der Waals surface area (Å²) in [7, 11) is 1.60. The number of esters is 1. The number of carbonyl (C=O) groups excluding carboxylic acids is 2. The van der Waals surface area contributed by atoms with Gasteiger partial charge >= 0.3 is 5.97 Å². The molecule has 1 amide bonds. The number of allylic oxidation sites excluding steroid dienone is 3. The number of hydrogen-bond acceptors (Lipinski definition) is 7. The molecule has 40 heavy (non-hydrogen) atoms. The normalized spacial score (nSPS) is 23.0. The lowest BCUT2D eigenvalue weighted by atomic mass is 9.65. The average molecular weight is 558 g/mol. The van der Waals surface area contributed by atoms with Gasteiger partial charge in [0.15, 0.2) is 0 Å². The molecule has 2 unspecified atom stereocenters. The van der Waals surface area contributed by atoms with Crippen LogP contribution in [0.4, 0.5) is 0 Å². The van der Waals surface area contributed by atoms with Gasteiger partial charge in [0.25, 0.3) is 0 Å². The van der Waals surface area contributed by atoms with E-state index >= 15 is 0 Å². The van der Waals surface area contributed by atoms with Crippen LogP contribution >= 0.6 is 0 Å². The number of carbonyl (C=O) groups is 2. The number of hydrogen-bond donors (Lipinski definition) is 3. The number of fused-ring (bicyclic) bond motifs is 1. The Labute approximate surface area is 238 Å². The van der Waals surface area contributed by atoms with Crippen LogP contribution in [0.25, 0.3) is 0 Å². The molecule has 2 aliphatic carbocycles. The SMILES string of the molecule is CCC(C)C(=O)OC1=C2C(CC[C@H](C)[C@@H]2CC[C@@H](O)C[C@H](CC(=O)NO)OCc2ccc(OC)cc2)CC(C)=C1. The highest BCUT2D eigenvalue weighted by atomic mass is 16.5. The summed E-state index contributed by atoms with van der Waals surface area (Å²) in [5.41, 5.74) is 5.04. The van der Waals surface area contributed by atoms with Gasteiger partial charge in [0.1, 0.15) is 11.5 Å². The second kappa shape index (κ2) is 15.4. The second-order valence-corrected chi connectivity index (χ2v) is 11.6. The number of nitrogens with one attached hydrogen (secondary N) is 1. The zero-order valence-corrected chi connectivity index (χ0v) is 24.7. The van der Waals surface area contributed by atoms with E-state index in [-0.39, 0.29) is 37.3 Å². The third-order valence-corrected chi connectivity index (χ3v) is 8.48. The van der Waals surface area contributed by atoms with Crippen LogP contribution in [0.1, 0.15) is 84.6 Å². The molecule has 8 heteroatoms. The van der Waals surface area contributed by atoms with Crippen molar-refractivity contribution in [2.75, 3.05) is 7.11 Å². The van der Waals surface area contributed by atoms with E-state index in [9.17, 15) is 14.7 Å². The number of amides is 1. The minimum atomic E-state index is -0.687. The van der Waals surface area contributed by atoms with Gasteiger partial charge in [0, 0.05) is 6.42 Å². The Balaban J connectivity index is 1.68. The maximum Gasteiger partial charge on any atom is 0.314 e. The van der Waals surface area contributed by atoms with E-state index in [2.05, 4.69) is 13.8 Å². The molecular weight excluding hydrogens is 510 g/mol. The van der Waals surface area contributed by atoms with Gasteiger partial charge < -0.3 is 19.3 Å². The van der Waals surface area contributed by atoms with Crippen LogP contribution in [0.5, 0.6) is 5.75 Å². The molecule has 222 valence electrons. The van der Waals surface area contributed by atoms with Crippen molar-refractivity contribution >= 4 is 11.9 Å². The fourth-order valence-electron chi connectivity index (χ4n) is 5.88. The quantitative estimate of drug-likeness (QED) is 0.149. The maximum absolute atomic E-state index is 12.7. The molecule has 0 aromatic heterocycles. The van der Waals surface area contributed by atoms with Gasteiger partial charge in [-0.25, -0.2) is 5.48 Å². The topological polar surface area (TPSA) is 114 Å². The summed E-state index contributed by atoms with van der Waals surface area (Å²) >= 11 is 0. The first-order chi connectivity index (χ1) is 19.1. The van der Waals surface area contributed by atoms with Crippen LogP contribution in [0.2, 0.25) is 0 Å². The summed E-state index contributed by atoms with van der Waals surface area (Å²) in [6.07, 6.45) is 6.15. The van der Waals surface area contributed by atoms with E-state index in [4.69, 9.17) is 19.4 Å². The Bertz CT molecular complexity index is 1050. The van der Waals surface area contributed by atoms with E-state index in [0.717, 1.165) is 43.4 Å². The molecule has 3 rings (SSSR count). The number of ether oxygens (including phenoxy) is 3. The van der Waals surface area contributed by atoms with Crippen molar-refractivity contribution in [1.29, 1.82) is 0 Å². The molecule has 2 aliphatic rings. The van der Waals surface area contributed by atoms with E-state index in [0.29, 0.717) is 24.0 Å². The number of rotatable bonds is 14. The first-order valence-corrected chi connectivity index (χ1v) is 14.6. The molecule has 1 aromatic carbocycles. The summed E-state index contributed by atoms with van der Waals surface area (Å²) in [5, 5.41) is 20.1. The van der Waals surface area contributed by atoms with Gasteiger partial charge in [0.2, 0.25) is 5.91 Å². The number of aliphatic hydroxyl groups excluding tert-OH is 1. The molecule has 0 heterocycles. The smallest absolute Gasteiger partial charge is 0.314 e. The van der Waals surface area contributed by atoms with Gasteiger partial charge in [-0.3, -0.25) is 14.8 Å². The Kier molecular flexibility index (Phi) is 12.2. The Hall–Kier alpha value is -2.68. The van der Waals surface area contributed by atoms with Crippen LogP contribution in [0.3, 0.4) is 0 Å². The number of hydroxylamine groups is 1. The van der Waals surface area contributed by atoms with Crippen molar-refractivity contribution in [3.8, 4) is 5.75 Å². The zero-order chi connectivity index (χ0) is 29.2. The van der Waals surface area contributed by atoms with Crippen molar-refractivity contribution in [3.05, 3.63) is 52.8 Å². The number of aliphatic hydroxyl groups is 1. The fraction of sp³-hybridized carbons (Fsp3) is 0.625. The van der Waals surface area contributed by atoms with Crippen molar-refractivity contribution in [3.63, 3.8) is 0 Å². The third kappa shape index (κ3) is 8.91. The van der Waals surface area contributed by atoms with Crippen LogP contribution in [-0.2, 0) is 25.7 Å². The lowest BCUT2D eigenvalue weighted by molar-refractivity contribution is -0.143. The Morgan fingerprint density at radius 1 is 1.18 bits per heavy atom. The molecule has 1 aromatic rings. The predicted molar refractivity (Wildman–Crippen MR) is 152 cm³/mol. The average Bonchev–Trinajstić information content (AvgIpc) is 2.95. The van der Waals surface area contributed by atoms with Crippen molar-refractivity contribution in [2.45, 2.75) is 97.9 Å². The molecule has 1 fully saturated rings. The summed E-state index contributed by atoms with van der Waals surface area (Å²) in [6, 6.07) is 7.46. The Morgan fingerprint density at radius 3 is 2.55 bits per heavy atom. The van der Waals surface area contributed by atoms with Crippen molar-refractivity contribution in [1.82, 2.24) is 5.48 Å². The van der Waals surface area contributed by atoms with E-state index in [1.54, 1.807) is 12.6 Å². The van der Waals surface area contributed by atoms with Crippen LogP contribution in [-0.4, -0.2) is 41.5 Å². The lowest BCUT2D eigenvalue weighted by Gasteiger charge is -2.40. The highest BCUT2D eigenvalue weighted by molar-refractivity contribution is 5.75. The molecule has 6 atom stereocenters. The van der Waals surface area contributed by atoms with E-state index < -0.39 is 18.1 Å². The maximum atomic E-state index is 12.7. The van der Waals surface area contributed by atoms with Gasteiger partial charge in [-0.2, -0.15) is 0 Å². The standard InChI is InChI=1S/C32H47NO7/c1-6-21(3)32(36)40-29-16-20(2)15-24-10-7-22(4)28(31(24)29)14-11-25(34)17-27(18-30(35)33-37)39-19-23-8-12-26(38-5)13-9-23/h8-9,12-13,16,21-22,24-25,27-28,34,37H,6-7,10-11,14-15,17-19H2,1-5H3,(H,33,35)/t21?,22-,24?,25+,27+,28-/m0/s1. The monoisotopic (exact) mass is 557 g/mol. The van der Waals surface area contributed by atoms with Gasteiger partial charge in [0.05, 0.1) is 38.3 Å². The van der Waals surface area contributed by atoms with Crippen molar-refractivity contribution in [2.24, 2.45) is 23.7 Å². The molecule has 0 aliphatic heterocycles. The second-order valence-electron chi connectivity index (χ2n) is 11.6. The molecule has 0 bridgehead atoms. The molecule has 0 radical (unpaired) electrons. The minimum absolute atomic E-state index is 0.0590. The van der Waals surface area contributed by atoms with E-state index in [1.165, 1.54) is 11.1 Å². The molecule has 1 saturated carbocycles. The summed E-state index contributed by atoms with van der Waals surface area (Å²) in [6.45, 7) is 8.49. The van der Waals surface area contributed by atoms with Crippen LogP contribution < -0.4 is 10.2 Å². The first-order valence-electron chi connectivity index (χ1n) is 14.6. The third-order valence-electron chi connectivity index (χ3n) is 8.48. The van der Waals surface area contributed by atoms with E-state index in [1.807, 2.05) is 44.2 Å². The largest absolute Gasteiger partial charge is 0.497 e. The lowest BCUT2D eigenvalue weighted by Crippen LogP contribution is -2.32. The zero-order valence-electron chi connectivity index (χ0n) is 24.7. The first kappa shape index (κ1) is 31.8. The Morgan fingerprint density at radius 2 is 1.90 bits per heavy atom. The number of benzene rings is 1. The highest BCUT2D eigenvalue weighted by Crippen LogP contribution is 2.47. The van der Waals surface area contributed by atoms with Crippen LogP contribution in [0, 0.1) is 23.7 Å². The number of methoxy groups -OCH3 is 1. The van der Waals surface area contributed by atoms with Crippen LogP contribution in [0.15, 0.2) is 47.2 Å². The molecular formula is C32H47NO7. The summed E-state index contributed by atoms with van der Waals surface area (Å²) < 4.78 is 17.2. The minimum Gasteiger partial charge on any atom is -0.497 e. The predicted octanol–water partition coefficient (Wildman–Crippen LogP) is 5.86.